The Balaban J connectivity index is 1.86. The van der Waals surface area contributed by atoms with Crippen LogP contribution < -0.4 is 5.73 Å². The van der Waals surface area contributed by atoms with Gasteiger partial charge in [0.2, 0.25) is 0 Å². The lowest BCUT2D eigenvalue weighted by atomic mass is 9.59. The zero-order valence-electron chi connectivity index (χ0n) is 14.7. The third-order valence-corrected chi connectivity index (χ3v) is 5.68. The molecule has 1 spiro atoms. The van der Waals surface area contributed by atoms with E-state index in [0.717, 1.165) is 38.8 Å². The topological polar surface area (TPSA) is 81.3 Å². The first kappa shape index (κ1) is 17.1. The molecule has 2 N–H and O–H groups in total. The second-order valence-electron chi connectivity index (χ2n) is 6.92. The van der Waals surface area contributed by atoms with Gasteiger partial charge < -0.3 is 15.4 Å². The molecule has 1 heterocycles. The molecule has 0 bridgehead atoms. The van der Waals surface area contributed by atoms with Crippen LogP contribution in [0.4, 0.5) is 5.82 Å². The van der Waals surface area contributed by atoms with E-state index in [-0.39, 0.29) is 35.0 Å². The van der Waals surface area contributed by atoms with E-state index in [9.17, 15) is 4.79 Å². The summed E-state index contributed by atoms with van der Waals surface area (Å²) in [7, 11) is 0. The summed E-state index contributed by atoms with van der Waals surface area (Å²) < 4.78 is 5.99. The molecule has 1 aromatic heterocycles. The van der Waals surface area contributed by atoms with E-state index >= 15 is 0 Å². The Morgan fingerprint density at radius 2 is 2.04 bits per heavy atom. The van der Waals surface area contributed by atoms with E-state index in [1.54, 1.807) is 0 Å². The molecule has 24 heavy (non-hydrogen) atoms. The monoisotopic (exact) mass is 332 g/mol. The first-order chi connectivity index (χ1) is 11.6. The number of nitrogens with zero attached hydrogens (tertiary/aromatic N) is 3. The van der Waals surface area contributed by atoms with Crippen LogP contribution in [-0.2, 0) is 4.74 Å². The Hall–Kier alpha value is -1.69. The van der Waals surface area contributed by atoms with Crippen molar-refractivity contribution >= 4 is 11.7 Å². The summed E-state index contributed by atoms with van der Waals surface area (Å²) in [5.74, 6) is 0.124. The lowest BCUT2D eigenvalue weighted by Crippen LogP contribution is -2.65. The summed E-state index contributed by atoms with van der Waals surface area (Å²) in [4.78, 5) is 23.3. The van der Waals surface area contributed by atoms with Gasteiger partial charge in [0.05, 0.1) is 6.10 Å². The van der Waals surface area contributed by atoms with E-state index in [0.29, 0.717) is 0 Å². The molecule has 1 amide bonds. The number of carbonyl (C=O) groups is 1. The number of ether oxygens (including phenoxy) is 1. The Morgan fingerprint density at radius 1 is 1.33 bits per heavy atom. The van der Waals surface area contributed by atoms with Gasteiger partial charge in [-0.25, -0.2) is 9.97 Å². The average Bonchev–Trinajstić information content (AvgIpc) is 3.09. The number of carbonyl (C=O) groups excluding carboxylic acids is 1. The molecule has 2 saturated carbocycles. The maximum atomic E-state index is 13.1. The SMILES string of the molecule is CCCN(C(=O)c1nccnc1N)[C@H]1C[C@@H](OCC)C12CCCC2. The van der Waals surface area contributed by atoms with Crippen LogP contribution in [0, 0.1) is 5.41 Å². The molecule has 2 atom stereocenters. The minimum atomic E-state index is -0.0892. The van der Waals surface area contributed by atoms with E-state index in [2.05, 4.69) is 16.9 Å². The highest BCUT2D eigenvalue weighted by molar-refractivity contribution is 5.96. The van der Waals surface area contributed by atoms with Gasteiger partial charge >= 0.3 is 0 Å². The number of rotatable bonds is 6. The van der Waals surface area contributed by atoms with Crippen LogP contribution in [0.3, 0.4) is 0 Å². The van der Waals surface area contributed by atoms with Gasteiger partial charge in [-0.2, -0.15) is 0 Å². The lowest BCUT2D eigenvalue weighted by molar-refractivity contribution is -0.156. The number of nitrogen functional groups attached to an aromatic ring is 1. The first-order valence-electron chi connectivity index (χ1n) is 9.13. The predicted octanol–water partition coefficient (Wildman–Crippen LogP) is 2.65. The molecule has 2 aliphatic rings. The standard InChI is InChI=1S/C18H28N4O2/c1-3-11-22(17(23)15-16(19)21-10-9-20-15)13-12-14(24-4-2)18(13)7-5-6-8-18/h9-10,13-14H,3-8,11-12H2,1-2H3,(H2,19,21)/t13-,14+/m0/s1. The second kappa shape index (κ2) is 7.05. The van der Waals surface area contributed by atoms with E-state index in [1.807, 2.05) is 11.8 Å². The van der Waals surface area contributed by atoms with Crippen molar-refractivity contribution in [2.75, 3.05) is 18.9 Å². The van der Waals surface area contributed by atoms with Crippen molar-refractivity contribution in [3.8, 4) is 0 Å². The minimum absolute atomic E-state index is 0.0892. The van der Waals surface area contributed by atoms with Crippen molar-refractivity contribution in [1.29, 1.82) is 0 Å². The zero-order valence-corrected chi connectivity index (χ0v) is 14.7. The molecule has 2 aliphatic carbocycles. The van der Waals surface area contributed by atoms with Crippen molar-refractivity contribution in [2.45, 2.75) is 64.5 Å². The van der Waals surface area contributed by atoms with Crippen molar-refractivity contribution in [3.05, 3.63) is 18.1 Å². The first-order valence-corrected chi connectivity index (χ1v) is 9.13. The fraction of sp³-hybridized carbons (Fsp3) is 0.722. The quantitative estimate of drug-likeness (QED) is 0.866. The Bertz CT molecular complexity index is 586. The number of anilines is 1. The van der Waals surface area contributed by atoms with Gasteiger partial charge in [-0.15, -0.1) is 0 Å². The summed E-state index contributed by atoms with van der Waals surface area (Å²) in [5.41, 5.74) is 6.29. The van der Waals surface area contributed by atoms with Crippen LogP contribution in [-0.4, -0.2) is 46.1 Å². The molecule has 0 unspecified atom stereocenters. The van der Waals surface area contributed by atoms with Gasteiger partial charge in [0, 0.05) is 37.0 Å². The minimum Gasteiger partial charge on any atom is -0.382 e. The molecule has 1 aromatic rings. The highest BCUT2D eigenvalue weighted by Gasteiger charge is 2.59. The molecule has 3 rings (SSSR count). The van der Waals surface area contributed by atoms with Gasteiger partial charge in [-0.05, 0) is 32.6 Å². The van der Waals surface area contributed by atoms with Crippen molar-refractivity contribution < 1.29 is 9.53 Å². The van der Waals surface area contributed by atoms with Crippen molar-refractivity contribution in [1.82, 2.24) is 14.9 Å². The van der Waals surface area contributed by atoms with Crippen LogP contribution in [0.15, 0.2) is 12.4 Å². The molecule has 6 heteroatoms. The van der Waals surface area contributed by atoms with Crippen LogP contribution in [0.25, 0.3) is 0 Å². The van der Waals surface area contributed by atoms with Gasteiger partial charge in [-0.3, -0.25) is 4.79 Å². The Morgan fingerprint density at radius 3 is 2.67 bits per heavy atom. The van der Waals surface area contributed by atoms with Crippen molar-refractivity contribution in [2.24, 2.45) is 5.41 Å². The third-order valence-electron chi connectivity index (χ3n) is 5.68. The molecule has 132 valence electrons. The maximum Gasteiger partial charge on any atom is 0.276 e. The van der Waals surface area contributed by atoms with Crippen LogP contribution in [0.2, 0.25) is 0 Å². The lowest BCUT2D eigenvalue weighted by Gasteiger charge is -2.57. The average molecular weight is 332 g/mol. The molecular weight excluding hydrogens is 304 g/mol. The number of hydrogen-bond acceptors (Lipinski definition) is 5. The summed E-state index contributed by atoms with van der Waals surface area (Å²) >= 11 is 0. The normalized spacial score (nSPS) is 24.8. The molecule has 0 saturated heterocycles. The fourth-order valence-electron chi connectivity index (χ4n) is 4.58. The molecule has 6 nitrogen and oxygen atoms in total. The smallest absolute Gasteiger partial charge is 0.276 e. The van der Waals surface area contributed by atoms with Crippen LogP contribution >= 0.6 is 0 Å². The van der Waals surface area contributed by atoms with Gasteiger partial charge in [0.1, 0.15) is 0 Å². The summed E-state index contributed by atoms with van der Waals surface area (Å²) in [6.45, 7) is 5.60. The number of hydrogen-bond donors (Lipinski definition) is 1. The highest BCUT2D eigenvalue weighted by atomic mass is 16.5. The summed E-state index contributed by atoms with van der Waals surface area (Å²) in [6, 6.07) is 0.227. The number of nitrogens with two attached hydrogens (primary N) is 1. The summed E-state index contributed by atoms with van der Waals surface area (Å²) in [5, 5.41) is 0. The van der Waals surface area contributed by atoms with E-state index in [4.69, 9.17) is 10.5 Å². The zero-order chi connectivity index (χ0) is 17.2. The fourth-order valence-corrected chi connectivity index (χ4v) is 4.58. The maximum absolute atomic E-state index is 13.1. The van der Waals surface area contributed by atoms with E-state index < -0.39 is 0 Å². The Labute approximate surface area is 143 Å². The third kappa shape index (κ3) is 2.77. The predicted molar refractivity (Wildman–Crippen MR) is 92.5 cm³/mol. The summed E-state index contributed by atoms with van der Waals surface area (Å²) in [6.07, 6.45) is 9.89. The van der Waals surface area contributed by atoms with E-state index in [1.165, 1.54) is 25.2 Å². The number of amides is 1. The molecular formula is C18H28N4O2. The van der Waals surface area contributed by atoms with Crippen molar-refractivity contribution in [3.63, 3.8) is 0 Å². The van der Waals surface area contributed by atoms with Gasteiger partial charge in [0.25, 0.3) is 5.91 Å². The van der Waals surface area contributed by atoms with Gasteiger partial charge in [0.15, 0.2) is 11.5 Å². The van der Waals surface area contributed by atoms with Crippen LogP contribution in [0.5, 0.6) is 0 Å². The molecule has 0 radical (unpaired) electrons. The largest absolute Gasteiger partial charge is 0.382 e. The van der Waals surface area contributed by atoms with Crippen LogP contribution in [0.1, 0.15) is 62.9 Å². The Kier molecular flexibility index (Phi) is 5.04. The van der Waals surface area contributed by atoms with Gasteiger partial charge in [-0.1, -0.05) is 19.8 Å². The molecule has 2 fully saturated rings. The second-order valence-corrected chi connectivity index (χ2v) is 6.92. The highest BCUT2D eigenvalue weighted by Crippen LogP contribution is 2.56. The molecule has 0 aliphatic heterocycles. The molecule has 0 aromatic carbocycles. The number of aromatic nitrogens is 2.